The van der Waals surface area contributed by atoms with Crippen LogP contribution in [0.4, 0.5) is 0 Å². The van der Waals surface area contributed by atoms with Crippen LogP contribution in [-0.2, 0) is 0 Å². The minimum absolute atomic E-state index is 0.459. The van der Waals surface area contributed by atoms with Gasteiger partial charge in [0.25, 0.3) is 0 Å². The molecule has 0 aliphatic rings. The molecule has 104 valence electrons. The normalized spacial score (nSPS) is 11.9. The number of benzene rings is 2. The lowest BCUT2D eigenvalue weighted by Crippen LogP contribution is -1.97. The molecule has 2 heteroatoms. The van der Waals surface area contributed by atoms with Crippen molar-refractivity contribution in [2.24, 2.45) is 0 Å². The van der Waals surface area contributed by atoms with Crippen molar-refractivity contribution in [2.45, 2.75) is 33.1 Å². The van der Waals surface area contributed by atoms with Crippen molar-refractivity contribution in [1.82, 2.24) is 0 Å². The van der Waals surface area contributed by atoms with E-state index >= 15 is 0 Å². The molecule has 1 unspecified atom stereocenters. The Morgan fingerprint density at radius 3 is 2.55 bits per heavy atom. The van der Waals surface area contributed by atoms with E-state index < -0.39 is 0 Å². The zero-order chi connectivity index (χ0) is 14.5. The Balaban J connectivity index is 2.33. The summed E-state index contributed by atoms with van der Waals surface area (Å²) in [5.41, 5.74) is 2.85. The monoisotopic (exact) mass is 268 g/mol. The molecule has 0 bridgehead atoms. The Bertz CT molecular complexity index is 602. The molecule has 2 aromatic rings. The second-order valence-electron chi connectivity index (χ2n) is 5.09. The molecule has 0 saturated carbocycles. The Hall–Kier alpha value is -2.09. The first-order valence-electron chi connectivity index (χ1n) is 6.98. The molecule has 20 heavy (non-hydrogen) atoms. The summed E-state index contributed by atoms with van der Waals surface area (Å²) in [5.74, 6) is 2.15. The summed E-state index contributed by atoms with van der Waals surface area (Å²) in [7, 11) is 0. The van der Waals surface area contributed by atoms with Crippen LogP contribution in [0.5, 0.6) is 11.5 Å². The second kappa shape index (κ2) is 6.38. The summed E-state index contributed by atoms with van der Waals surface area (Å²) in [5, 5.41) is 0. The fraction of sp³-hybridized carbons (Fsp3) is 0.278. The van der Waals surface area contributed by atoms with Crippen LogP contribution in [0.15, 0.2) is 42.5 Å². The molecule has 0 amide bonds. The van der Waals surface area contributed by atoms with Crippen molar-refractivity contribution in [3.05, 3.63) is 59.2 Å². The van der Waals surface area contributed by atoms with Gasteiger partial charge in [-0.2, -0.15) is 0 Å². The van der Waals surface area contributed by atoms with E-state index in [1.807, 2.05) is 37.3 Å². The lowest BCUT2D eigenvalue weighted by molar-refractivity contribution is 0.112. The Kier molecular flexibility index (Phi) is 4.57. The molecule has 0 heterocycles. The van der Waals surface area contributed by atoms with Gasteiger partial charge in [-0.25, -0.2) is 0 Å². The van der Waals surface area contributed by atoms with Gasteiger partial charge in [0.1, 0.15) is 17.8 Å². The standard InChI is InChI=1S/C18H20O2/c1-4-13(2)16-7-5-6-8-18(16)20-17-10-9-15(12-19)11-14(17)3/h5-13H,4H2,1-3H3. The predicted molar refractivity (Wildman–Crippen MR) is 81.8 cm³/mol. The Morgan fingerprint density at radius 2 is 1.90 bits per heavy atom. The molecule has 0 aliphatic carbocycles. The molecule has 0 spiro atoms. The maximum atomic E-state index is 10.8. The highest BCUT2D eigenvalue weighted by atomic mass is 16.5. The lowest BCUT2D eigenvalue weighted by Gasteiger charge is -2.16. The van der Waals surface area contributed by atoms with Crippen LogP contribution in [0.2, 0.25) is 0 Å². The molecule has 2 aromatic carbocycles. The van der Waals surface area contributed by atoms with Crippen LogP contribution >= 0.6 is 0 Å². The fourth-order valence-corrected chi connectivity index (χ4v) is 2.18. The third-order valence-corrected chi connectivity index (χ3v) is 3.62. The summed E-state index contributed by atoms with van der Waals surface area (Å²) >= 11 is 0. The first kappa shape index (κ1) is 14.3. The number of ether oxygens (including phenoxy) is 1. The van der Waals surface area contributed by atoms with E-state index in [1.165, 1.54) is 5.56 Å². The fourth-order valence-electron chi connectivity index (χ4n) is 2.18. The highest BCUT2D eigenvalue weighted by Crippen LogP contribution is 2.33. The number of hydrogen-bond donors (Lipinski definition) is 0. The number of carbonyl (C=O) groups excluding carboxylic acids is 1. The largest absolute Gasteiger partial charge is 0.457 e. The highest BCUT2D eigenvalue weighted by Gasteiger charge is 2.11. The lowest BCUT2D eigenvalue weighted by atomic mass is 9.98. The van der Waals surface area contributed by atoms with Crippen LogP contribution in [0.1, 0.15) is 47.7 Å². The number of hydrogen-bond acceptors (Lipinski definition) is 2. The van der Waals surface area contributed by atoms with Crippen molar-refractivity contribution < 1.29 is 9.53 Å². The molecule has 0 saturated heterocycles. The van der Waals surface area contributed by atoms with Gasteiger partial charge in [-0.1, -0.05) is 32.0 Å². The molecule has 2 rings (SSSR count). The van der Waals surface area contributed by atoms with Gasteiger partial charge in [0, 0.05) is 5.56 Å². The molecule has 0 fully saturated rings. The average Bonchev–Trinajstić information content (AvgIpc) is 2.49. The Labute approximate surface area is 120 Å². The third-order valence-electron chi connectivity index (χ3n) is 3.62. The number of aryl methyl sites for hydroxylation is 1. The summed E-state index contributed by atoms with van der Waals surface area (Å²) in [6, 6.07) is 13.6. The van der Waals surface area contributed by atoms with Gasteiger partial charge < -0.3 is 4.74 Å². The van der Waals surface area contributed by atoms with E-state index in [4.69, 9.17) is 4.74 Å². The van der Waals surface area contributed by atoms with Crippen molar-refractivity contribution in [3.8, 4) is 11.5 Å². The van der Waals surface area contributed by atoms with Gasteiger partial charge in [-0.05, 0) is 54.7 Å². The quantitative estimate of drug-likeness (QED) is 0.704. The molecular formula is C18H20O2. The van der Waals surface area contributed by atoms with Crippen LogP contribution in [0.3, 0.4) is 0 Å². The number of para-hydroxylation sites is 1. The molecular weight excluding hydrogens is 248 g/mol. The van der Waals surface area contributed by atoms with Gasteiger partial charge in [0.15, 0.2) is 0 Å². The second-order valence-corrected chi connectivity index (χ2v) is 5.09. The van der Waals surface area contributed by atoms with E-state index in [-0.39, 0.29) is 0 Å². The van der Waals surface area contributed by atoms with E-state index in [1.54, 1.807) is 6.07 Å². The minimum Gasteiger partial charge on any atom is -0.457 e. The van der Waals surface area contributed by atoms with Crippen molar-refractivity contribution in [2.75, 3.05) is 0 Å². The van der Waals surface area contributed by atoms with Gasteiger partial charge in [-0.15, -0.1) is 0 Å². The molecule has 1 atom stereocenters. The van der Waals surface area contributed by atoms with Crippen molar-refractivity contribution >= 4 is 6.29 Å². The molecule has 0 radical (unpaired) electrons. The summed E-state index contributed by atoms with van der Waals surface area (Å²) in [6.45, 7) is 6.32. The van der Waals surface area contributed by atoms with Crippen LogP contribution < -0.4 is 4.74 Å². The predicted octanol–water partition coefficient (Wildman–Crippen LogP) is 5.11. The summed E-state index contributed by atoms with van der Waals surface area (Å²) < 4.78 is 6.05. The van der Waals surface area contributed by atoms with E-state index in [0.29, 0.717) is 11.5 Å². The van der Waals surface area contributed by atoms with Crippen molar-refractivity contribution in [3.63, 3.8) is 0 Å². The number of aldehydes is 1. The first-order valence-corrected chi connectivity index (χ1v) is 6.98. The van der Waals surface area contributed by atoms with E-state index in [2.05, 4.69) is 19.9 Å². The number of carbonyl (C=O) groups is 1. The minimum atomic E-state index is 0.459. The van der Waals surface area contributed by atoms with Crippen LogP contribution in [0.25, 0.3) is 0 Å². The summed E-state index contributed by atoms with van der Waals surface area (Å²) in [4.78, 5) is 10.8. The molecule has 0 aliphatic heterocycles. The first-order chi connectivity index (χ1) is 9.65. The van der Waals surface area contributed by atoms with Gasteiger partial charge in [0.05, 0.1) is 0 Å². The summed E-state index contributed by atoms with van der Waals surface area (Å²) in [6.07, 6.45) is 1.92. The highest BCUT2D eigenvalue weighted by molar-refractivity contribution is 5.75. The molecule has 0 aromatic heterocycles. The molecule has 0 N–H and O–H groups in total. The smallest absolute Gasteiger partial charge is 0.150 e. The maximum Gasteiger partial charge on any atom is 0.150 e. The maximum absolute atomic E-state index is 10.8. The molecule has 2 nitrogen and oxygen atoms in total. The number of rotatable bonds is 5. The van der Waals surface area contributed by atoms with Crippen LogP contribution in [-0.4, -0.2) is 6.29 Å². The van der Waals surface area contributed by atoms with E-state index in [0.717, 1.165) is 29.8 Å². The van der Waals surface area contributed by atoms with Gasteiger partial charge in [0.2, 0.25) is 0 Å². The van der Waals surface area contributed by atoms with Gasteiger partial charge >= 0.3 is 0 Å². The average molecular weight is 268 g/mol. The zero-order valence-corrected chi connectivity index (χ0v) is 12.2. The van der Waals surface area contributed by atoms with Gasteiger partial charge in [-0.3, -0.25) is 4.79 Å². The Morgan fingerprint density at radius 1 is 1.15 bits per heavy atom. The topological polar surface area (TPSA) is 26.3 Å². The SMILES string of the molecule is CCC(C)c1ccccc1Oc1ccc(C=O)cc1C. The zero-order valence-electron chi connectivity index (χ0n) is 12.2. The van der Waals surface area contributed by atoms with Crippen molar-refractivity contribution in [1.29, 1.82) is 0 Å². The third kappa shape index (κ3) is 3.08. The van der Waals surface area contributed by atoms with E-state index in [9.17, 15) is 4.79 Å². The van der Waals surface area contributed by atoms with Crippen LogP contribution in [0, 0.1) is 6.92 Å².